The number of aliphatic hydroxyl groups is 28. The minimum Gasteiger partial charge on any atom is -0.396 e. The second-order valence-corrected chi connectivity index (χ2v) is 38.2. The average Bonchev–Trinajstić information content (AvgIpc) is 0.794. The van der Waals surface area contributed by atoms with Gasteiger partial charge in [-0.1, -0.05) is 44.9 Å². The van der Waals surface area contributed by atoms with Crippen LogP contribution < -0.4 is 16.0 Å². The van der Waals surface area contributed by atoms with Crippen molar-refractivity contribution < 1.29 is 247 Å². The molecule has 144 heavy (non-hydrogen) atoms. The Morgan fingerprint density at radius 2 is 0.486 bits per heavy atom. The standard InChI is InChI=1S/C91H163N3O50/c95-35-47-33-50(63(109)67(113)61(47)107)135-81-54(39-99)139-85(77(123)71(81)117)131-25-13-5-1-2-9-17-49(103)18-29-127-43-91(46-130-32-21-60(106)94-24-12-8-16-28-134-86-78(124)72(118)82(55(40-100)140-86)136-51-34-48(36-96)62(108)68(114)64(51)110,44-128-30-19-58(104)92-22-10-3-6-14-26-132-87-79(125)73(119)83(56(41-101)141-87)143-89-75(121)69(115)65(111)52(37-97)137-89)45-129-31-20-59(105)93-23-11-4-7-15-27-133-88-80(126)74(120)84(57(42-102)142-88)144-90-76(122)70(116)66(112)53(38-98)138-90/h47-48,50-57,61-90,95-102,107-126H,1-46H2,(H,92,104)(H,93,105)(H,94,106). The molecule has 40 atom stereocenters. The third kappa shape index (κ3) is 37.6. The van der Waals surface area contributed by atoms with Crippen molar-refractivity contribution in [2.75, 3.05) is 152 Å². The summed E-state index contributed by atoms with van der Waals surface area (Å²) in [4.78, 5) is 53.4. The number of Topliss-reactive ketones (excluding diaryl/α,β-unsaturated/α-hetero) is 1. The predicted octanol–water partition coefficient (Wildman–Crippen LogP) is -13.0. The van der Waals surface area contributed by atoms with E-state index in [1.807, 2.05) is 0 Å². The van der Waals surface area contributed by atoms with Crippen LogP contribution in [0, 0.1) is 17.3 Å². The van der Waals surface area contributed by atoms with Crippen LogP contribution in [-0.2, 0) is 104 Å². The highest BCUT2D eigenvalue weighted by Crippen LogP contribution is 2.38. The SMILES string of the molecule is O=C(CCCCCCCOC1OC(CO)C(OC2CC(CO)C(O)C(O)C2O)C(O)C1O)CCOCC(COCCC(=O)NCCCCCCOC1OC(CO)C(OC2OC(CO)C(O)C(O)C2O)C(O)C1O)(COCCC(=O)NCCCCCCOC1OC(CO)C(OC2OC(CO)C(O)C(O)C2O)C(O)C1O)COCCC(=O)NCCCCCOC1OC(CO)C(OC2CC(CO)C(O)C(O)C2O)C(O)C1O. The quantitative estimate of drug-likeness (QED) is 0.0251. The Morgan fingerprint density at radius 3 is 0.785 bits per heavy atom. The van der Waals surface area contributed by atoms with E-state index in [9.17, 15) is 162 Å². The van der Waals surface area contributed by atoms with E-state index >= 15 is 0 Å². The first-order chi connectivity index (χ1) is 69.1. The molecule has 6 heterocycles. The Balaban J connectivity index is 0.812. The lowest BCUT2D eigenvalue weighted by atomic mass is 9.81. The lowest BCUT2D eigenvalue weighted by Gasteiger charge is -2.46. The molecule has 6 aliphatic heterocycles. The fourth-order valence-corrected chi connectivity index (χ4v) is 18.2. The zero-order valence-electron chi connectivity index (χ0n) is 81.1. The molecule has 8 rings (SSSR count). The van der Waals surface area contributed by atoms with Crippen LogP contribution in [0.25, 0.3) is 0 Å². The van der Waals surface area contributed by atoms with Crippen LogP contribution in [0.3, 0.4) is 0 Å². The topological polar surface area (TPSA) is 837 Å². The van der Waals surface area contributed by atoms with Gasteiger partial charge >= 0.3 is 0 Å². The van der Waals surface area contributed by atoms with Gasteiger partial charge in [-0.2, -0.15) is 0 Å². The second-order valence-electron chi connectivity index (χ2n) is 38.2. The highest BCUT2D eigenvalue weighted by atomic mass is 16.8. The Labute approximate surface area is 833 Å². The first kappa shape index (κ1) is 125. The van der Waals surface area contributed by atoms with Gasteiger partial charge in [0, 0.05) is 103 Å². The maximum absolute atomic E-state index is 13.4. The Kier molecular flexibility index (Phi) is 57.2. The number of rotatable bonds is 68. The lowest BCUT2D eigenvalue weighted by Crippen LogP contribution is -2.64. The van der Waals surface area contributed by atoms with Crippen molar-refractivity contribution in [3.05, 3.63) is 0 Å². The number of carbonyl (C=O) groups is 4. The van der Waals surface area contributed by atoms with Crippen molar-refractivity contribution in [3.63, 3.8) is 0 Å². The van der Waals surface area contributed by atoms with Crippen molar-refractivity contribution in [3.8, 4) is 0 Å². The number of ether oxygens (including phenoxy) is 18. The summed E-state index contributed by atoms with van der Waals surface area (Å²) in [7, 11) is 0. The van der Waals surface area contributed by atoms with Crippen molar-refractivity contribution in [2.45, 2.75) is 381 Å². The van der Waals surface area contributed by atoms with Crippen LogP contribution in [0.2, 0.25) is 0 Å². The summed E-state index contributed by atoms with van der Waals surface area (Å²) in [5.41, 5.74) is -1.22. The highest BCUT2D eigenvalue weighted by Gasteiger charge is 2.57. The summed E-state index contributed by atoms with van der Waals surface area (Å²) in [5.74, 6) is -2.99. The van der Waals surface area contributed by atoms with Gasteiger partial charge in [0.1, 0.15) is 177 Å². The molecule has 3 amide bonds. The smallest absolute Gasteiger partial charge is 0.222 e. The normalized spacial score (nSPS) is 38.0. The van der Waals surface area contributed by atoms with E-state index in [2.05, 4.69) is 16.0 Å². The van der Waals surface area contributed by atoms with Crippen LogP contribution in [-0.4, -0.2) is 551 Å². The van der Waals surface area contributed by atoms with Crippen LogP contribution in [0.15, 0.2) is 0 Å². The molecule has 6 saturated heterocycles. The second kappa shape index (κ2) is 65.7. The van der Waals surface area contributed by atoms with Gasteiger partial charge in [-0.3, -0.25) is 19.2 Å². The van der Waals surface area contributed by atoms with Gasteiger partial charge in [0.2, 0.25) is 17.7 Å². The van der Waals surface area contributed by atoms with E-state index in [1.165, 1.54) is 0 Å². The Hall–Kier alpha value is -3.76. The lowest BCUT2D eigenvalue weighted by molar-refractivity contribution is -0.359. The van der Waals surface area contributed by atoms with Gasteiger partial charge in [-0.05, 0) is 70.6 Å². The number of nitrogens with one attached hydrogen (secondary N) is 3. The minimum absolute atomic E-state index is 0.00697. The van der Waals surface area contributed by atoms with Crippen LogP contribution >= 0.6 is 0 Å². The molecule has 0 aromatic rings. The summed E-state index contributed by atoms with van der Waals surface area (Å²) in [5, 5.41) is 300. The molecule has 0 aromatic heterocycles. The zero-order chi connectivity index (χ0) is 105. The number of ketones is 1. The number of hydrogen-bond acceptors (Lipinski definition) is 50. The first-order valence-electron chi connectivity index (χ1n) is 50.2. The molecule has 0 bridgehead atoms. The summed E-state index contributed by atoms with van der Waals surface area (Å²) in [6.45, 7) is -5.79. The summed E-state index contributed by atoms with van der Waals surface area (Å²) in [6.07, 6.45) is -50.9. The van der Waals surface area contributed by atoms with Crippen molar-refractivity contribution in [2.24, 2.45) is 17.3 Å². The first-order valence-corrected chi connectivity index (χ1v) is 50.2. The van der Waals surface area contributed by atoms with E-state index in [-0.39, 0.29) is 167 Å². The van der Waals surface area contributed by atoms with Crippen molar-refractivity contribution >= 4 is 23.5 Å². The van der Waals surface area contributed by atoms with Crippen LogP contribution in [0.1, 0.15) is 148 Å². The minimum atomic E-state index is -1.85. The Bertz CT molecular complexity index is 3230. The van der Waals surface area contributed by atoms with E-state index in [1.54, 1.807) is 0 Å². The molecule has 2 saturated carbocycles. The van der Waals surface area contributed by atoms with Gasteiger partial charge in [-0.15, -0.1) is 0 Å². The predicted molar refractivity (Wildman–Crippen MR) is 483 cm³/mol. The maximum atomic E-state index is 13.4. The van der Waals surface area contributed by atoms with Crippen molar-refractivity contribution in [1.82, 2.24) is 16.0 Å². The third-order valence-corrected chi connectivity index (χ3v) is 27.1. The molecule has 842 valence electrons. The molecular formula is C91H163N3O50. The van der Waals surface area contributed by atoms with Gasteiger partial charge in [0.15, 0.2) is 37.7 Å². The summed E-state index contributed by atoms with van der Waals surface area (Å²) >= 11 is 0. The maximum Gasteiger partial charge on any atom is 0.222 e. The van der Waals surface area contributed by atoms with Gasteiger partial charge in [0.05, 0.1) is 122 Å². The molecule has 0 radical (unpaired) electrons. The molecule has 31 N–H and O–H groups in total. The molecule has 40 unspecified atom stereocenters. The van der Waals surface area contributed by atoms with E-state index in [4.69, 9.17) is 85.3 Å². The zero-order valence-corrected chi connectivity index (χ0v) is 81.1. The molecule has 53 heteroatoms. The molecular weight excluding hydrogens is 1930 g/mol. The number of carbonyl (C=O) groups excluding carboxylic acids is 4. The number of aliphatic hydroxyl groups excluding tert-OH is 28. The third-order valence-electron chi connectivity index (χ3n) is 27.1. The highest BCUT2D eigenvalue weighted by molar-refractivity contribution is 5.78. The number of unbranched alkanes of at least 4 members (excludes halogenated alkanes) is 12. The molecule has 0 spiro atoms. The van der Waals surface area contributed by atoms with E-state index < -0.39 is 303 Å². The van der Waals surface area contributed by atoms with Gasteiger partial charge < -0.3 is 244 Å². The molecule has 2 aliphatic carbocycles. The fourth-order valence-electron chi connectivity index (χ4n) is 18.2. The number of amides is 3. The average molecular weight is 2100 g/mol. The monoisotopic (exact) mass is 2100 g/mol. The largest absolute Gasteiger partial charge is 0.396 e. The molecule has 0 aromatic carbocycles. The fraction of sp³-hybridized carbons (Fsp3) is 0.956. The van der Waals surface area contributed by atoms with E-state index in [0.717, 1.165) is 0 Å². The van der Waals surface area contributed by atoms with E-state index in [0.29, 0.717) is 103 Å². The summed E-state index contributed by atoms with van der Waals surface area (Å²) < 4.78 is 104. The van der Waals surface area contributed by atoms with Crippen LogP contribution in [0.4, 0.5) is 0 Å². The molecule has 53 nitrogen and oxygen atoms in total. The van der Waals surface area contributed by atoms with Gasteiger partial charge in [-0.25, -0.2) is 0 Å². The Morgan fingerprint density at radius 1 is 0.236 bits per heavy atom. The summed E-state index contributed by atoms with van der Waals surface area (Å²) in [6, 6.07) is 0. The number of hydrogen-bond donors (Lipinski definition) is 31. The molecule has 8 aliphatic rings. The van der Waals surface area contributed by atoms with Gasteiger partial charge in [0.25, 0.3) is 0 Å². The molecule has 8 fully saturated rings. The van der Waals surface area contributed by atoms with Crippen LogP contribution in [0.5, 0.6) is 0 Å². The van der Waals surface area contributed by atoms with Crippen molar-refractivity contribution in [1.29, 1.82) is 0 Å².